The molecule has 30 heavy (non-hydrogen) atoms. The minimum absolute atomic E-state index is 0.0297. The summed E-state index contributed by atoms with van der Waals surface area (Å²) >= 11 is 0. The average molecular weight is 421 g/mol. The number of morpholine rings is 1. The van der Waals surface area contributed by atoms with Gasteiger partial charge >= 0.3 is 0 Å². The van der Waals surface area contributed by atoms with Crippen LogP contribution in [0, 0.1) is 0 Å². The summed E-state index contributed by atoms with van der Waals surface area (Å²) in [4.78, 5) is 30.9. The van der Waals surface area contributed by atoms with E-state index in [4.69, 9.17) is 14.2 Å². The van der Waals surface area contributed by atoms with Crippen LogP contribution >= 0.6 is 0 Å². The Labute approximate surface area is 177 Å². The van der Waals surface area contributed by atoms with Crippen LogP contribution in [0.2, 0.25) is 0 Å². The second-order valence-electron chi connectivity index (χ2n) is 7.51. The quantitative estimate of drug-likeness (QED) is 0.623. The molecular formula is C21H32N4O5. The molecule has 0 radical (unpaired) electrons. The van der Waals surface area contributed by atoms with Crippen molar-refractivity contribution in [2.24, 2.45) is 0 Å². The number of nitrogens with one attached hydrogen (secondary N) is 1. The van der Waals surface area contributed by atoms with Crippen molar-refractivity contribution in [2.75, 3.05) is 79.8 Å². The predicted octanol–water partition coefficient (Wildman–Crippen LogP) is -0.204. The van der Waals surface area contributed by atoms with Crippen LogP contribution in [0.3, 0.4) is 0 Å². The lowest BCUT2D eigenvalue weighted by molar-refractivity contribution is -0.135. The van der Waals surface area contributed by atoms with Gasteiger partial charge in [-0.15, -0.1) is 0 Å². The van der Waals surface area contributed by atoms with Crippen molar-refractivity contribution in [1.29, 1.82) is 0 Å². The number of nitrogens with zero attached hydrogens (tertiary/aromatic N) is 3. The minimum atomic E-state index is -0.0297. The average Bonchev–Trinajstić information content (AvgIpc) is 2.78. The zero-order valence-electron chi connectivity index (χ0n) is 17.9. The number of carbonyl (C=O) groups is 2. The maximum Gasteiger partial charge on any atom is 0.236 e. The lowest BCUT2D eigenvalue weighted by Gasteiger charge is -2.36. The molecule has 2 heterocycles. The Bertz CT molecular complexity index is 715. The Morgan fingerprint density at radius 1 is 0.933 bits per heavy atom. The molecule has 1 aromatic rings. The third-order valence-corrected chi connectivity index (χ3v) is 5.49. The first-order valence-electron chi connectivity index (χ1n) is 10.4. The van der Waals surface area contributed by atoms with Gasteiger partial charge in [0.2, 0.25) is 11.8 Å². The summed E-state index contributed by atoms with van der Waals surface area (Å²) in [6.45, 7) is 6.96. The van der Waals surface area contributed by atoms with Crippen LogP contribution in [-0.4, -0.2) is 106 Å². The highest BCUT2D eigenvalue weighted by molar-refractivity contribution is 5.79. The maximum absolute atomic E-state index is 12.5. The molecule has 1 aromatic carbocycles. The van der Waals surface area contributed by atoms with E-state index in [-0.39, 0.29) is 11.8 Å². The fourth-order valence-electron chi connectivity index (χ4n) is 3.66. The van der Waals surface area contributed by atoms with E-state index >= 15 is 0 Å². The number of rotatable bonds is 8. The second kappa shape index (κ2) is 11.1. The molecule has 0 saturated carbocycles. The Kier molecular flexibility index (Phi) is 8.30. The first-order valence-corrected chi connectivity index (χ1v) is 10.4. The van der Waals surface area contributed by atoms with Crippen LogP contribution in [-0.2, 0) is 20.9 Å². The Morgan fingerprint density at radius 2 is 1.60 bits per heavy atom. The fourth-order valence-corrected chi connectivity index (χ4v) is 3.66. The first kappa shape index (κ1) is 22.3. The van der Waals surface area contributed by atoms with Crippen molar-refractivity contribution in [3.63, 3.8) is 0 Å². The van der Waals surface area contributed by atoms with E-state index in [9.17, 15) is 9.59 Å². The normalized spacial score (nSPS) is 18.1. The van der Waals surface area contributed by atoms with Gasteiger partial charge in [0.15, 0.2) is 11.5 Å². The largest absolute Gasteiger partial charge is 0.493 e. The highest BCUT2D eigenvalue weighted by Gasteiger charge is 2.24. The van der Waals surface area contributed by atoms with Crippen molar-refractivity contribution >= 4 is 11.8 Å². The van der Waals surface area contributed by atoms with Crippen LogP contribution in [0.25, 0.3) is 0 Å². The zero-order valence-corrected chi connectivity index (χ0v) is 17.9. The van der Waals surface area contributed by atoms with Gasteiger partial charge in [-0.05, 0) is 17.7 Å². The van der Waals surface area contributed by atoms with E-state index in [1.54, 1.807) is 14.2 Å². The maximum atomic E-state index is 12.5. The molecule has 0 unspecified atom stereocenters. The molecule has 1 N–H and O–H groups in total. The topological polar surface area (TPSA) is 83.6 Å². The SMILES string of the molecule is COc1ccc(CNC(=O)CN2CCN(C(=O)CN3CCOCC3)CC2)cc1OC. The van der Waals surface area contributed by atoms with Crippen LogP contribution < -0.4 is 14.8 Å². The number of hydrogen-bond acceptors (Lipinski definition) is 7. The van der Waals surface area contributed by atoms with Gasteiger partial charge in [0.25, 0.3) is 0 Å². The van der Waals surface area contributed by atoms with Crippen LogP contribution in [0.15, 0.2) is 18.2 Å². The number of benzene rings is 1. The summed E-state index contributed by atoms with van der Waals surface area (Å²) in [5.41, 5.74) is 0.944. The molecule has 9 heteroatoms. The van der Waals surface area contributed by atoms with Gasteiger partial charge in [-0.1, -0.05) is 6.07 Å². The van der Waals surface area contributed by atoms with Crippen molar-refractivity contribution in [3.05, 3.63) is 23.8 Å². The summed E-state index contributed by atoms with van der Waals surface area (Å²) in [7, 11) is 3.18. The van der Waals surface area contributed by atoms with E-state index in [2.05, 4.69) is 15.1 Å². The first-order chi connectivity index (χ1) is 14.6. The highest BCUT2D eigenvalue weighted by atomic mass is 16.5. The molecular weight excluding hydrogens is 388 g/mol. The number of hydrogen-bond donors (Lipinski definition) is 1. The summed E-state index contributed by atoms with van der Waals surface area (Å²) in [5.74, 6) is 1.43. The summed E-state index contributed by atoms with van der Waals surface area (Å²) in [6, 6.07) is 5.59. The molecule has 0 bridgehead atoms. The van der Waals surface area contributed by atoms with E-state index in [1.807, 2.05) is 23.1 Å². The van der Waals surface area contributed by atoms with Crippen LogP contribution in [0.5, 0.6) is 11.5 Å². The standard InChI is InChI=1S/C21H32N4O5/c1-28-18-4-3-17(13-19(18)29-2)14-22-20(26)15-23-5-7-25(8-6-23)21(27)16-24-9-11-30-12-10-24/h3-4,13H,5-12,14-16H2,1-2H3,(H,22,26). The molecule has 2 aliphatic heterocycles. The number of amides is 2. The van der Waals surface area contributed by atoms with Gasteiger partial charge in [-0.2, -0.15) is 0 Å². The Hall–Kier alpha value is -2.36. The number of carbonyl (C=O) groups excluding carboxylic acids is 2. The summed E-state index contributed by atoms with van der Waals surface area (Å²) in [6.07, 6.45) is 0. The van der Waals surface area contributed by atoms with Crippen LogP contribution in [0.4, 0.5) is 0 Å². The molecule has 166 valence electrons. The third-order valence-electron chi connectivity index (χ3n) is 5.49. The van der Waals surface area contributed by atoms with Gasteiger partial charge in [0.1, 0.15) is 0 Å². The third kappa shape index (κ3) is 6.32. The van der Waals surface area contributed by atoms with Gasteiger partial charge in [0, 0.05) is 45.8 Å². The smallest absolute Gasteiger partial charge is 0.236 e. The molecule has 0 atom stereocenters. The molecule has 2 aliphatic rings. The molecule has 2 fully saturated rings. The summed E-state index contributed by atoms with van der Waals surface area (Å²) in [5, 5.41) is 2.95. The van der Waals surface area contributed by atoms with Crippen molar-refractivity contribution < 1.29 is 23.8 Å². The fraction of sp³-hybridized carbons (Fsp3) is 0.619. The molecule has 0 spiro atoms. The number of methoxy groups -OCH3 is 2. The monoisotopic (exact) mass is 420 g/mol. The van der Waals surface area contributed by atoms with Gasteiger partial charge in [-0.3, -0.25) is 19.4 Å². The molecule has 0 aromatic heterocycles. The highest BCUT2D eigenvalue weighted by Crippen LogP contribution is 2.27. The lowest BCUT2D eigenvalue weighted by Crippen LogP contribution is -2.53. The van der Waals surface area contributed by atoms with Crippen LogP contribution in [0.1, 0.15) is 5.56 Å². The van der Waals surface area contributed by atoms with E-state index in [0.717, 1.165) is 18.7 Å². The lowest BCUT2D eigenvalue weighted by atomic mass is 10.2. The molecule has 2 amide bonds. The van der Waals surface area contributed by atoms with E-state index in [1.165, 1.54) is 0 Å². The molecule has 9 nitrogen and oxygen atoms in total. The van der Waals surface area contributed by atoms with Gasteiger partial charge in [-0.25, -0.2) is 0 Å². The molecule has 3 rings (SSSR count). The van der Waals surface area contributed by atoms with Crippen molar-refractivity contribution in [1.82, 2.24) is 20.0 Å². The van der Waals surface area contributed by atoms with E-state index in [0.29, 0.717) is 70.5 Å². The Morgan fingerprint density at radius 3 is 2.27 bits per heavy atom. The van der Waals surface area contributed by atoms with Crippen molar-refractivity contribution in [3.8, 4) is 11.5 Å². The summed E-state index contributed by atoms with van der Waals surface area (Å²) < 4.78 is 15.9. The minimum Gasteiger partial charge on any atom is -0.493 e. The van der Waals surface area contributed by atoms with Gasteiger partial charge < -0.3 is 24.4 Å². The van der Waals surface area contributed by atoms with Crippen molar-refractivity contribution in [2.45, 2.75) is 6.54 Å². The predicted molar refractivity (Wildman–Crippen MR) is 112 cm³/mol. The number of piperazine rings is 1. The van der Waals surface area contributed by atoms with Gasteiger partial charge in [0.05, 0.1) is 40.5 Å². The second-order valence-corrected chi connectivity index (χ2v) is 7.51. The number of ether oxygens (including phenoxy) is 3. The molecule has 0 aliphatic carbocycles. The Balaban J connectivity index is 1.37. The molecule has 2 saturated heterocycles. The zero-order chi connectivity index (χ0) is 21.3. The van der Waals surface area contributed by atoms with E-state index < -0.39 is 0 Å².